The molecule has 2 heterocycles. The number of hydroxylamine groups is 1. The molecule has 31 heavy (non-hydrogen) atoms. The lowest BCUT2D eigenvalue weighted by Gasteiger charge is -2.11. The van der Waals surface area contributed by atoms with Crippen molar-refractivity contribution in [1.82, 2.24) is 10.5 Å². The first-order chi connectivity index (χ1) is 14.7. The van der Waals surface area contributed by atoms with Crippen LogP contribution in [0, 0.1) is 0 Å². The van der Waals surface area contributed by atoms with E-state index in [9.17, 15) is 21.6 Å². The van der Waals surface area contributed by atoms with E-state index in [-0.39, 0.29) is 21.9 Å². The SMILES string of the molecule is O=S(=O)(c1ccc(OC2=C[C@@H](c3ccc(OC(F)(F)F)cc3)ON2)cn1)C1CCCC1. The fourth-order valence-corrected chi connectivity index (χ4v) is 5.25. The second kappa shape index (κ2) is 8.39. The average molecular weight is 456 g/mol. The van der Waals surface area contributed by atoms with Crippen LogP contribution in [0.4, 0.5) is 13.2 Å². The minimum absolute atomic E-state index is 0.0235. The largest absolute Gasteiger partial charge is 0.573 e. The molecule has 1 N–H and O–H groups in total. The third-order valence-electron chi connectivity index (χ3n) is 5.00. The van der Waals surface area contributed by atoms with E-state index < -0.39 is 22.3 Å². The summed E-state index contributed by atoms with van der Waals surface area (Å²) in [6.07, 6.45) is 0.679. The number of alkyl halides is 3. The summed E-state index contributed by atoms with van der Waals surface area (Å²) in [5.41, 5.74) is 3.16. The van der Waals surface area contributed by atoms with Crippen LogP contribution >= 0.6 is 0 Å². The first-order valence-corrected chi connectivity index (χ1v) is 11.1. The van der Waals surface area contributed by atoms with Crippen molar-refractivity contribution in [2.45, 2.75) is 48.4 Å². The van der Waals surface area contributed by atoms with Crippen molar-refractivity contribution in [3.05, 3.63) is 60.1 Å². The molecule has 1 aliphatic carbocycles. The number of benzene rings is 1. The molecule has 7 nitrogen and oxygen atoms in total. The Kier molecular flexibility index (Phi) is 5.80. The van der Waals surface area contributed by atoms with E-state index >= 15 is 0 Å². The highest BCUT2D eigenvalue weighted by atomic mass is 32.2. The van der Waals surface area contributed by atoms with Gasteiger partial charge in [0.1, 0.15) is 17.6 Å². The van der Waals surface area contributed by atoms with Crippen LogP contribution in [0.15, 0.2) is 59.6 Å². The van der Waals surface area contributed by atoms with Gasteiger partial charge in [0, 0.05) is 6.08 Å². The smallest absolute Gasteiger partial charge is 0.438 e. The highest BCUT2D eigenvalue weighted by Gasteiger charge is 2.32. The molecule has 1 aromatic carbocycles. The standard InChI is InChI=1S/C20H19F3N2O5S/c21-20(22,23)29-14-7-5-13(6-8-14)17-11-18(25-30-17)28-15-9-10-19(24-12-15)31(26,27)16-3-1-2-4-16/h5-12,16-17,25H,1-4H2/t17-/m0/s1. The zero-order valence-electron chi connectivity index (χ0n) is 16.1. The maximum Gasteiger partial charge on any atom is 0.573 e. The molecule has 0 radical (unpaired) electrons. The van der Waals surface area contributed by atoms with Crippen LogP contribution in [0.25, 0.3) is 0 Å². The molecule has 1 aliphatic heterocycles. The molecule has 1 saturated carbocycles. The Hall–Kier alpha value is -2.79. The summed E-state index contributed by atoms with van der Waals surface area (Å²) in [7, 11) is -3.44. The number of nitrogens with one attached hydrogen (secondary N) is 1. The van der Waals surface area contributed by atoms with Crippen LogP contribution < -0.4 is 15.0 Å². The van der Waals surface area contributed by atoms with Crippen LogP contribution in [0.1, 0.15) is 37.4 Å². The summed E-state index contributed by atoms with van der Waals surface area (Å²) in [6, 6.07) is 8.18. The van der Waals surface area contributed by atoms with Crippen LogP contribution in [0.5, 0.6) is 11.5 Å². The van der Waals surface area contributed by atoms with Crippen LogP contribution in [-0.2, 0) is 14.7 Å². The Morgan fingerprint density at radius 2 is 1.71 bits per heavy atom. The zero-order chi connectivity index (χ0) is 22.1. The summed E-state index contributed by atoms with van der Waals surface area (Å²) < 4.78 is 71.3. The highest BCUT2D eigenvalue weighted by Crippen LogP contribution is 2.31. The fourth-order valence-electron chi connectivity index (χ4n) is 3.50. The normalized spacial score (nSPS) is 19.7. The van der Waals surface area contributed by atoms with Crippen LogP contribution in [0.2, 0.25) is 0 Å². The monoisotopic (exact) mass is 456 g/mol. The topological polar surface area (TPSA) is 86.8 Å². The number of hydrogen-bond donors (Lipinski definition) is 1. The predicted octanol–water partition coefficient (Wildman–Crippen LogP) is 4.19. The van der Waals surface area contributed by atoms with Gasteiger partial charge >= 0.3 is 6.36 Å². The van der Waals surface area contributed by atoms with Gasteiger partial charge in [-0.3, -0.25) is 4.84 Å². The fraction of sp³-hybridized carbons (Fsp3) is 0.350. The molecule has 0 spiro atoms. The number of aromatic nitrogens is 1. The van der Waals surface area contributed by atoms with E-state index in [1.807, 2.05) is 0 Å². The second-order valence-corrected chi connectivity index (χ2v) is 9.35. The molecule has 166 valence electrons. The van der Waals surface area contributed by atoms with Crippen molar-refractivity contribution in [3.8, 4) is 11.5 Å². The minimum Gasteiger partial charge on any atom is -0.438 e. The molecular weight excluding hydrogens is 437 g/mol. The van der Waals surface area contributed by atoms with Gasteiger partial charge < -0.3 is 9.47 Å². The minimum atomic E-state index is -4.76. The predicted molar refractivity (Wildman–Crippen MR) is 102 cm³/mol. The number of nitrogens with zero attached hydrogens (tertiary/aromatic N) is 1. The van der Waals surface area contributed by atoms with Gasteiger partial charge in [0.25, 0.3) is 0 Å². The molecule has 1 aromatic heterocycles. The second-order valence-electron chi connectivity index (χ2n) is 7.17. The first-order valence-electron chi connectivity index (χ1n) is 9.58. The molecule has 0 unspecified atom stereocenters. The molecule has 0 amide bonds. The van der Waals surface area contributed by atoms with E-state index in [2.05, 4.69) is 15.2 Å². The maximum absolute atomic E-state index is 12.6. The number of pyridine rings is 1. The van der Waals surface area contributed by atoms with Gasteiger partial charge in [-0.25, -0.2) is 18.9 Å². The Balaban J connectivity index is 1.39. The van der Waals surface area contributed by atoms with Gasteiger partial charge in [0.2, 0.25) is 5.88 Å². The van der Waals surface area contributed by atoms with Gasteiger partial charge in [-0.2, -0.15) is 0 Å². The van der Waals surface area contributed by atoms with Gasteiger partial charge in [-0.1, -0.05) is 25.0 Å². The van der Waals surface area contributed by atoms with Crippen LogP contribution in [0.3, 0.4) is 0 Å². The van der Waals surface area contributed by atoms with E-state index in [1.165, 1.54) is 42.6 Å². The average Bonchev–Trinajstić information content (AvgIpc) is 3.40. The summed E-state index contributed by atoms with van der Waals surface area (Å²) >= 11 is 0. The Bertz CT molecular complexity index is 1050. The number of rotatable bonds is 6. The lowest BCUT2D eigenvalue weighted by molar-refractivity contribution is -0.274. The number of sulfone groups is 1. The summed E-state index contributed by atoms with van der Waals surface area (Å²) in [4.78, 5) is 9.40. The van der Waals surface area contributed by atoms with Crippen molar-refractivity contribution in [3.63, 3.8) is 0 Å². The number of ether oxygens (including phenoxy) is 2. The van der Waals surface area contributed by atoms with E-state index in [4.69, 9.17) is 9.57 Å². The molecule has 2 aromatic rings. The third kappa shape index (κ3) is 5.10. The van der Waals surface area contributed by atoms with Gasteiger partial charge in [0.15, 0.2) is 14.9 Å². The third-order valence-corrected chi connectivity index (χ3v) is 7.17. The van der Waals surface area contributed by atoms with Gasteiger partial charge in [0.05, 0.1) is 11.4 Å². The lowest BCUT2D eigenvalue weighted by Crippen LogP contribution is -2.19. The summed E-state index contributed by atoms with van der Waals surface area (Å²) in [6.45, 7) is 0. The van der Waals surface area contributed by atoms with Crippen molar-refractivity contribution in [2.75, 3.05) is 0 Å². The number of hydrogen-bond acceptors (Lipinski definition) is 7. The van der Waals surface area contributed by atoms with Crippen molar-refractivity contribution in [2.24, 2.45) is 0 Å². The van der Waals surface area contributed by atoms with E-state index in [1.54, 1.807) is 6.08 Å². The van der Waals surface area contributed by atoms with Gasteiger partial charge in [-0.15, -0.1) is 13.2 Å². The number of halogens is 3. The molecular formula is C20H19F3N2O5S. The molecule has 0 bridgehead atoms. The molecule has 1 fully saturated rings. The molecule has 0 saturated heterocycles. The molecule has 2 aliphatic rings. The summed E-state index contributed by atoms with van der Waals surface area (Å²) in [5.74, 6) is 0.220. The lowest BCUT2D eigenvalue weighted by atomic mass is 10.1. The Morgan fingerprint density at radius 1 is 1.03 bits per heavy atom. The first kappa shape index (κ1) is 21.4. The highest BCUT2D eigenvalue weighted by molar-refractivity contribution is 7.92. The van der Waals surface area contributed by atoms with Crippen molar-refractivity contribution >= 4 is 9.84 Å². The molecule has 4 rings (SSSR count). The Labute approximate surface area is 176 Å². The van der Waals surface area contributed by atoms with Crippen molar-refractivity contribution in [1.29, 1.82) is 0 Å². The molecule has 11 heteroatoms. The van der Waals surface area contributed by atoms with Crippen LogP contribution in [-0.4, -0.2) is 25.0 Å². The summed E-state index contributed by atoms with van der Waals surface area (Å²) in [5, 5.41) is -0.358. The van der Waals surface area contributed by atoms with Crippen molar-refractivity contribution < 1.29 is 35.9 Å². The van der Waals surface area contributed by atoms with Gasteiger partial charge in [-0.05, 0) is 42.7 Å². The maximum atomic E-state index is 12.6. The quantitative estimate of drug-likeness (QED) is 0.697. The molecule has 1 atom stereocenters. The van der Waals surface area contributed by atoms with E-state index in [0.29, 0.717) is 24.2 Å². The van der Waals surface area contributed by atoms with E-state index in [0.717, 1.165) is 12.8 Å². The zero-order valence-corrected chi connectivity index (χ0v) is 16.9. The Morgan fingerprint density at radius 3 is 2.32 bits per heavy atom.